The van der Waals surface area contributed by atoms with Gasteiger partial charge < -0.3 is 20.0 Å². The van der Waals surface area contributed by atoms with E-state index >= 15 is 0 Å². The van der Waals surface area contributed by atoms with E-state index in [4.69, 9.17) is 21.6 Å². The van der Waals surface area contributed by atoms with Crippen molar-refractivity contribution in [3.8, 4) is 0 Å². The molecule has 7 nitrogen and oxygen atoms in total. The molecule has 0 unspecified atom stereocenters. The van der Waals surface area contributed by atoms with Crippen LogP contribution in [0.2, 0.25) is 5.02 Å². The van der Waals surface area contributed by atoms with Crippen LogP contribution < -0.4 is 10.2 Å². The van der Waals surface area contributed by atoms with Gasteiger partial charge in [-0.1, -0.05) is 30.7 Å². The number of halogens is 1. The third-order valence-electron chi connectivity index (χ3n) is 6.53. The number of anilines is 2. The summed E-state index contributed by atoms with van der Waals surface area (Å²) in [5, 5.41) is 4.40. The number of hydrogen-bond acceptors (Lipinski definition) is 6. The molecule has 0 saturated carbocycles. The van der Waals surface area contributed by atoms with E-state index in [-0.39, 0.29) is 17.5 Å². The molecule has 1 aromatic carbocycles. The van der Waals surface area contributed by atoms with Crippen molar-refractivity contribution < 1.29 is 4.79 Å². The standard InChI is InChI=1S/C25H35ClN6O/c1-6-30-11-13-31(14-12-30)24-27-21-20(16-32(17(2)3)23(21)33)22(28-24)29-25(4,5)15-18-7-9-19(26)10-8-18/h7-10,17H,6,11-16H2,1-5H3,(H,27,28,29). The van der Waals surface area contributed by atoms with Crippen LogP contribution >= 0.6 is 11.6 Å². The van der Waals surface area contributed by atoms with Crippen LogP contribution in [0.4, 0.5) is 11.8 Å². The summed E-state index contributed by atoms with van der Waals surface area (Å²) in [6.45, 7) is 15.9. The second-order valence-electron chi connectivity index (χ2n) is 9.96. The summed E-state index contributed by atoms with van der Waals surface area (Å²) in [5.41, 5.74) is 2.35. The van der Waals surface area contributed by atoms with E-state index in [1.165, 1.54) is 5.56 Å². The normalized spacial score (nSPS) is 17.1. The van der Waals surface area contributed by atoms with E-state index in [1.807, 2.05) is 30.9 Å². The number of hydrogen-bond donors (Lipinski definition) is 1. The number of benzene rings is 1. The van der Waals surface area contributed by atoms with Crippen LogP contribution in [0, 0.1) is 0 Å². The molecule has 3 heterocycles. The summed E-state index contributed by atoms with van der Waals surface area (Å²) < 4.78 is 0. The average Bonchev–Trinajstić information content (AvgIpc) is 3.12. The summed E-state index contributed by atoms with van der Waals surface area (Å²) in [7, 11) is 0. The SMILES string of the molecule is CCN1CCN(c2nc(NC(C)(C)Cc3ccc(Cl)cc3)c3c(n2)C(=O)N(C(C)C)C3)CC1. The Bertz CT molecular complexity index is 999. The molecule has 0 radical (unpaired) electrons. The largest absolute Gasteiger partial charge is 0.364 e. The number of aromatic nitrogens is 2. The van der Waals surface area contributed by atoms with E-state index in [1.54, 1.807) is 0 Å². The average molecular weight is 471 g/mol. The highest BCUT2D eigenvalue weighted by molar-refractivity contribution is 6.30. The van der Waals surface area contributed by atoms with E-state index in [0.29, 0.717) is 18.2 Å². The van der Waals surface area contributed by atoms with Crippen molar-refractivity contribution in [2.75, 3.05) is 42.9 Å². The molecule has 8 heteroatoms. The molecular weight excluding hydrogens is 436 g/mol. The fourth-order valence-electron chi connectivity index (χ4n) is 4.58. The number of carbonyl (C=O) groups is 1. The molecule has 1 aromatic heterocycles. The molecule has 2 aromatic rings. The first-order valence-electron chi connectivity index (χ1n) is 11.9. The zero-order chi connectivity index (χ0) is 23.8. The van der Waals surface area contributed by atoms with Gasteiger partial charge in [-0.15, -0.1) is 0 Å². The maximum Gasteiger partial charge on any atom is 0.273 e. The van der Waals surface area contributed by atoms with Crippen molar-refractivity contribution in [1.82, 2.24) is 19.8 Å². The lowest BCUT2D eigenvalue weighted by molar-refractivity contribution is 0.0726. The van der Waals surface area contributed by atoms with Gasteiger partial charge >= 0.3 is 0 Å². The highest BCUT2D eigenvalue weighted by atomic mass is 35.5. The predicted octanol–water partition coefficient (Wildman–Crippen LogP) is 4.07. The zero-order valence-electron chi connectivity index (χ0n) is 20.4. The Hall–Kier alpha value is -2.38. The van der Waals surface area contributed by atoms with Crippen molar-refractivity contribution in [3.05, 3.63) is 46.1 Å². The topological polar surface area (TPSA) is 64.6 Å². The maximum atomic E-state index is 13.2. The molecule has 4 rings (SSSR count). The predicted molar refractivity (Wildman–Crippen MR) is 134 cm³/mol. The molecule has 0 spiro atoms. The zero-order valence-corrected chi connectivity index (χ0v) is 21.1. The summed E-state index contributed by atoms with van der Waals surface area (Å²) in [4.78, 5) is 29.4. The van der Waals surface area contributed by atoms with E-state index in [9.17, 15) is 4.79 Å². The Morgan fingerprint density at radius 1 is 1.09 bits per heavy atom. The number of carbonyl (C=O) groups excluding carboxylic acids is 1. The fourth-order valence-corrected chi connectivity index (χ4v) is 4.71. The second kappa shape index (κ2) is 9.47. The van der Waals surface area contributed by atoms with Crippen molar-refractivity contribution in [2.24, 2.45) is 0 Å². The second-order valence-corrected chi connectivity index (χ2v) is 10.4. The van der Waals surface area contributed by atoms with Crippen molar-refractivity contribution in [2.45, 2.75) is 59.2 Å². The minimum atomic E-state index is -0.275. The number of nitrogens with one attached hydrogen (secondary N) is 1. The van der Waals surface area contributed by atoms with Gasteiger partial charge in [-0.25, -0.2) is 4.98 Å². The number of nitrogens with zero attached hydrogens (tertiary/aromatic N) is 5. The van der Waals surface area contributed by atoms with Crippen LogP contribution in [0.3, 0.4) is 0 Å². The van der Waals surface area contributed by atoms with E-state index in [2.05, 4.69) is 48.0 Å². The van der Waals surface area contributed by atoms with Gasteiger partial charge in [0, 0.05) is 48.3 Å². The monoisotopic (exact) mass is 470 g/mol. The van der Waals surface area contributed by atoms with E-state index < -0.39 is 0 Å². The van der Waals surface area contributed by atoms with Gasteiger partial charge in [0.1, 0.15) is 11.5 Å². The molecule has 1 saturated heterocycles. The molecule has 2 aliphatic heterocycles. The van der Waals surface area contributed by atoms with Crippen molar-refractivity contribution >= 4 is 29.3 Å². The van der Waals surface area contributed by atoms with Crippen LogP contribution in [0.5, 0.6) is 0 Å². The molecule has 2 aliphatic rings. The van der Waals surface area contributed by atoms with Crippen molar-refractivity contribution in [3.63, 3.8) is 0 Å². The van der Waals surface area contributed by atoms with Gasteiger partial charge in [0.2, 0.25) is 5.95 Å². The number of rotatable bonds is 7. The van der Waals surface area contributed by atoms with Gasteiger partial charge in [0.15, 0.2) is 0 Å². The van der Waals surface area contributed by atoms with Crippen LogP contribution in [-0.4, -0.2) is 70.0 Å². The summed E-state index contributed by atoms with van der Waals surface area (Å²) in [6.07, 6.45) is 0.801. The third-order valence-corrected chi connectivity index (χ3v) is 6.78. The first-order chi connectivity index (χ1) is 15.7. The lowest BCUT2D eigenvalue weighted by atomic mass is 9.94. The molecular formula is C25H35ClN6O. The molecule has 1 N–H and O–H groups in total. The lowest BCUT2D eigenvalue weighted by Gasteiger charge is -2.34. The Labute approximate surface area is 202 Å². The smallest absolute Gasteiger partial charge is 0.273 e. The molecule has 1 amide bonds. The summed E-state index contributed by atoms with van der Waals surface area (Å²) in [5.74, 6) is 1.41. The highest BCUT2D eigenvalue weighted by Gasteiger charge is 2.36. The first kappa shape index (κ1) is 23.8. The van der Waals surface area contributed by atoms with Gasteiger partial charge in [-0.05, 0) is 58.4 Å². The Morgan fingerprint density at radius 3 is 2.36 bits per heavy atom. The van der Waals surface area contributed by atoms with Gasteiger partial charge in [0.05, 0.1) is 6.54 Å². The molecule has 1 fully saturated rings. The maximum absolute atomic E-state index is 13.2. The van der Waals surface area contributed by atoms with Gasteiger partial charge in [-0.2, -0.15) is 4.98 Å². The third kappa shape index (κ3) is 5.25. The minimum absolute atomic E-state index is 0.00518. The molecule has 178 valence electrons. The lowest BCUT2D eigenvalue weighted by Crippen LogP contribution is -2.47. The van der Waals surface area contributed by atoms with Crippen LogP contribution in [-0.2, 0) is 13.0 Å². The Balaban J connectivity index is 1.64. The van der Waals surface area contributed by atoms with Gasteiger partial charge in [0.25, 0.3) is 5.91 Å². The van der Waals surface area contributed by atoms with Crippen LogP contribution in [0.1, 0.15) is 56.2 Å². The Kier molecular flexibility index (Phi) is 6.82. The van der Waals surface area contributed by atoms with Crippen molar-refractivity contribution in [1.29, 1.82) is 0 Å². The van der Waals surface area contributed by atoms with Gasteiger partial charge in [-0.3, -0.25) is 4.79 Å². The van der Waals surface area contributed by atoms with E-state index in [0.717, 1.165) is 55.5 Å². The minimum Gasteiger partial charge on any atom is -0.364 e. The quantitative estimate of drug-likeness (QED) is 0.658. The molecule has 33 heavy (non-hydrogen) atoms. The summed E-state index contributed by atoms with van der Waals surface area (Å²) in [6, 6.07) is 8.06. The molecule has 0 bridgehead atoms. The van der Waals surface area contributed by atoms with Crippen LogP contribution in [0.15, 0.2) is 24.3 Å². The first-order valence-corrected chi connectivity index (χ1v) is 12.3. The van der Waals surface area contributed by atoms with Crippen LogP contribution in [0.25, 0.3) is 0 Å². The number of piperazine rings is 1. The highest BCUT2D eigenvalue weighted by Crippen LogP contribution is 2.32. The molecule has 0 aliphatic carbocycles. The number of fused-ring (bicyclic) bond motifs is 1. The Morgan fingerprint density at radius 2 is 1.76 bits per heavy atom. The number of amides is 1. The number of likely N-dealkylation sites (N-methyl/N-ethyl adjacent to an activating group) is 1. The summed E-state index contributed by atoms with van der Waals surface area (Å²) >= 11 is 6.06. The molecule has 0 atom stereocenters. The fraction of sp³-hybridized carbons (Fsp3) is 0.560.